The number of thiocarbonyl (C=S) groups is 1. The number of sulfone groups is 1. The van der Waals surface area contributed by atoms with Crippen molar-refractivity contribution in [3.8, 4) is 0 Å². The van der Waals surface area contributed by atoms with Crippen LogP contribution in [0.5, 0.6) is 0 Å². The Morgan fingerprint density at radius 3 is 2.16 bits per heavy atom. The van der Waals surface area contributed by atoms with Crippen LogP contribution >= 0.6 is 12.2 Å². The first-order chi connectivity index (χ1) is 8.48. The van der Waals surface area contributed by atoms with Crippen molar-refractivity contribution in [3.63, 3.8) is 0 Å². The molecule has 6 heteroatoms. The predicted molar refractivity (Wildman–Crippen MR) is 84.1 cm³/mol. The van der Waals surface area contributed by atoms with Crippen molar-refractivity contribution in [3.05, 3.63) is 0 Å². The summed E-state index contributed by atoms with van der Waals surface area (Å²) in [7, 11) is -3.03. The summed E-state index contributed by atoms with van der Waals surface area (Å²) in [6, 6.07) is 0. The van der Waals surface area contributed by atoms with Crippen molar-refractivity contribution < 1.29 is 8.42 Å². The van der Waals surface area contributed by atoms with Crippen LogP contribution in [-0.2, 0) is 9.84 Å². The maximum absolute atomic E-state index is 12.1. The Morgan fingerprint density at radius 1 is 1.32 bits per heavy atom. The lowest BCUT2D eigenvalue weighted by atomic mass is 9.80. The predicted octanol–water partition coefficient (Wildman–Crippen LogP) is 1.59. The molecule has 0 atom stereocenters. The summed E-state index contributed by atoms with van der Waals surface area (Å²) in [6.45, 7) is 9.69. The molecule has 0 aromatic rings. The van der Waals surface area contributed by atoms with Gasteiger partial charge in [0.1, 0.15) is 0 Å². The molecule has 2 N–H and O–H groups in total. The number of likely N-dealkylation sites (tertiary alicyclic amines) is 1. The lowest BCUT2D eigenvalue weighted by molar-refractivity contribution is 0.172. The highest BCUT2D eigenvalue weighted by atomic mass is 32.2. The molecule has 1 heterocycles. The average molecular weight is 306 g/mol. The van der Waals surface area contributed by atoms with Gasteiger partial charge in [-0.3, -0.25) is 0 Å². The van der Waals surface area contributed by atoms with Crippen LogP contribution < -0.4 is 5.73 Å². The molecule has 0 bridgehead atoms. The van der Waals surface area contributed by atoms with E-state index >= 15 is 0 Å². The molecule has 0 radical (unpaired) electrons. The van der Waals surface area contributed by atoms with E-state index in [0.717, 1.165) is 25.9 Å². The van der Waals surface area contributed by atoms with E-state index in [1.165, 1.54) is 0 Å². The standard InChI is InChI=1S/C13H26N2O2S2/c1-12(2,3)19(16,17)10-9-15-7-5-13(4,6-8-15)11(14)18/h5-10H2,1-4H3,(H2,14,18). The van der Waals surface area contributed by atoms with Crippen LogP contribution in [0, 0.1) is 5.41 Å². The van der Waals surface area contributed by atoms with Crippen LogP contribution in [-0.4, -0.2) is 48.4 Å². The van der Waals surface area contributed by atoms with Crippen molar-refractivity contribution in [2.24, 2.45) is 11.1 Å². The molecular formula is C13H26N2O2S2. The quantitative estimate of drug-likeness (QED) is 0.799. The van der Waals surface area contributed by atoms with Gasteiger partial charge in [0.05, 0.1) is 15.5 Å². The van der Waals surface area contributed by atoms with E-state index in [9.17, 15) is 8.42 Å². The number of hydrogen-bond donors (Lipinski definition) is 1. The minimum Gasteiger partial charge on any atom is -0.393 e. The summed E-state index contributed by atoms with van der Waals surface area (Å²) < 4.78 is 23.5. The minimum absolute atomic E-state index is 0.0608. The Morgan fingerprint density at radius 2 is 1.79 bits per heavy atom. The summed E-state index contributed by atoms with van der Waals surface area (Å²) >= 11 is 5.10. The number of rotatable bonds is 4. The average Bonchev–Trinajstić information content (AvgIpc) is 2.26. The van der Waals surface area contributed by atoms with Crippen molar-refractivity contribution in [2.45, 2.75) is 45.3 Å². The van der Waals surface area contributed by atoms with Gasteiger partial charge in [-0.2, -0.15) is 0 Å². The topological polar surface area (TPSA) is 63.4 Å². The van der Waals surface area contributed by atoms with Crippen LogP contribution in [0.15, 0.2) is 0 Å². The normalized spacial score (nSPS) is 21.3. The first-order valence-corrected chi connectivity index (χ1v) is 8.79. The third kappa shape index (κ3) is 4.13. The Labute approximate surface area is 122 Å². The summed E-state index contributed by atoms with van der Waals surface area (Å²) in [4.78, 5) is 2.78. The zero-order valence-corrected chi connectivity index (χ0v) is 14.0. The fourth-order valence-corrected chi connectivity index (χ4v) is 3.39. The summed E-state index contributed by atoms with van der Waals surface area (Å²) in [5.74, 6) is 0.223. The lowest BCUT2D eigenvalue weighted by Crippen LogP contribution is -2.46. The molecule has 0 amide bonds. The van der Waals surface area contributed by atoms with E-state index in [1.807, 2.05) is 0 Å². The maximum atomic E-state index is 12.1. The van der Waals surface area contributed by atoms with Crippen LogP contribution in [0.25, 0.3) is 0 Å². The van der Waals surface area contributed by atoms with Gasteiger partial charge >= 0.3 is 0 Å². The maximum Gasteiger partial charge on any atom is 0.156 e. The van der Waals surface area contributed by atoms with Crippen molar-refractivity contribution in [2.75, 3.05) is 25.4 Å². The molecule has 1 rings (SSSR count). The molecule has 1 aliphatic heterocycles. The second kappa shape index (κ2) is 5.66. The third-order valence-electron chi connectivity index (χ3n) is 4.16. The van der Waals surface area contributed by atoms with E-state index in [2.05, 4.69) is 11.8 Å². The second-order valence-electron chi connectivity index (χ2n) is 6.70. The molecule has 1 saturated heterocycles. The molecule has 112 valence electrons. The molecule has 4 nitrogen and oxygen atoms in total. The molecular weight excluding hydrogens is 280 g/mol. The summed E-state index contributed by atoms with van der Waals surface area (Å²) in [5.41, 5.74) is 5.70. The molecule has 0 spiro atoms. The van der Waals surface area contributed by atoms with Crippen LogP contribution in [0.4, 0.5) is 0 Å². The van der Waals surface area contributed by atoms with Gasteiger partial charge in [-0.15, -0.1) is 0 Å². The highest BCUT2D eigenvalue weighted by molar-refractivity contribution is 7.92. The highest BCUT2D eigenvalue weighted by Crippen LogP contribution is 2.31. The first kappa shape index (κ1) is 16.9. The summed E-state index contributed by atoms with van der Waals surface area (Å²) in [5, 5.41) is 0. The van der Waals surface area contributed by atoms with E-state index in [-0.39, 0.29) is 11.2 Å². The zero-order valence-electron chi connectivity index (χ0n) is 12.4. The Kier molecular flexibility index (Phi) is 5.02. The fraction of sp³-hybridized carbons (Fsp3) is 0.923. The van der Waals surface area contributed by atoms with E-state index in [0.29, 0.717) is 11.5 Å². The molecule has 1 fully saturated rings. The SMILES string of the molecule is CC1(C(N)=S)CCN(CCS(=O)(=O)C(C)(C)C)CC1. The monoisotopic (exact) mass is 306 g/mol. The number of hydrogen-bond acceptors (Lipinski definition) is 4. The molecule has 0 saturated carbocycles. The largest absolute Gasteiger partial charge is 0.393 e. The van der Waals surface area contributed by atoms with Gasteiger partial charge in [-0.05, 0) is 46.7 Å². The fourth-order valence-electron chi connectivity index (χ4n) is 2.07. The lowest BCUT2D eigenvalue weighted by Gasteiger charge is -2.38. The van der Waals surface area contributed by atoms with Gasteiger partial charge in [0.2, 0.25) is 0 Å². The van der Waals surface area contributed by atoms with E-state index in [1.54, 1.807) is 20.8 Å². The minimum atomic E-state index is -3.03. The van der Waals surface area contributed by atoms with Gasteiger partial charge < -0.3 is 10.6 Å². The summed E-state index contributed by atoms with van der Waals surface area (Å²) in [6.07, 6.45) is 1.83. The van der Waals surface area contributed by atoms with Crippen LogP contribution in [0.2, 0.25) is 0 Å². The van der Waals surface area contributed by atoms with Gasteiger partial charge in [-0.25, -0.2) is 8.42 Å². The molecule has 19 heavy (non-hydrogen) atoms. The van der Waals surface area contributed by atoms with E-state index < -0.39 is 14.6 Å². The number of piperidine rings is 1. The van der Waals surface area contributed by atoms with Crippen molar-refractivity contribution >= 4 is 27.0 Å². The zero-order chi connectivity index (χ0) is 14.9. The van der Waals surface area contributed by atoms with Gasteiger partial charge in [-0.1, -0.05) is 19.1 Å². The Balaban J connectivity index is 2.50. The van der Waals surface area contributed by atoms with Crippen molar-refractivity contribution in [1.82, 2.24) is 4.90 Å². The molecule has 0 unspecified atom stereocenters. The van der Waals surface area contributed by atoms with Gasteiger partial charge in [0.25, 0.3) is 0 Å². The Hall–Kier alpha value is -0.200. The van der Waals surface area contributed by atoms with Crippen LogP contribution in [0.3, 0.4) is 0 Å². The molecule has 0 aliphatic carbocycles. The van der Waals surface area contributed by atoms with Crippen LogP contribution in [0.1, 0.15) is 40.5 Å². The number of nitrogens with zero attached hydrogens (tertiary/aromatic N) is 1. The van der Waals surface area contributed by atoms with Crippen molar-refractivity contribution in [1.29, 1.82) is 0 Å². The second-order valence-corrected chi connectivity index (χ2v) is 10.0. The van der Waals surface area contributed by atoms with Gasteiger partial charge in [0.15, 0.2) is 9.84 Å². The molecule has 1 aliphatic rings. The molecule has 0 aromatic carbocycles. The smallest absolute Gasteiger partial charge is 0.156 e. The molecule has 0 aromatic heterocycles. The third-order valence-corrected chi connectivity index (χ3v) is 7.24. The highest BCUT2D eigenvalue weighted by Gasteiger charge is 2.34. The van der Waals surface area contributed by atoms with E-state index in [4.69, 9.17) is 18.0 Å². The Bertz CT molecular complexity index is 430. The van der Waals surface area contributed by atoms with Gasteiger partial charge in [0, 0.05) is 12.0 Å². The first-order valence-electron chi connectivity index (χ1n) is 6.72. The number of nitrogens with two attached hydrogens (primary N) is 1.